The molecule has 7 N–H and O–H groups in total. The van der Waals surface area contributed by atoms with Crippen LogP contribution in [0.1, 0.15) is 46.0 Å². The van der Waals surface area contributed by atoms with Crippen LogP contribution in [-0.4, -0.2) is 59.6 Å². The molecule has 26 heavy (non-hydrogen) atoms. The van der Waals surface area contributed by atoms with Gasteiger partial charge in [-0.2, -0.15) is 11.8 Å². The Morgan fingerprint density at radius 2 is 1.65 bits per heavy atom. The monoisotopic (exact) mass is 390 g/mol. The summed E-state index contributed by atoms with van der Waals surface area (Å²) in [5.41, 5.74) is 11.3. The molecule has 0 saturated heterocycles. The second-order valence-corrected chi connectivity index (χ2v) is 7.75. The average Bonchev–Trinajstić information content (AvgIpc) is 2.57. The molecule has 0 aliphatic rings. The topological polar surface area (TPSA) is 148 Å². The van der Waals surface area contributed by atoms with E-state index in [-0.39, 0.29) is 5.92 Å². The minimum absolute atomic E-state index is 0.147. The normalized spacial score (nSPS) is 14.5. The number of amides is 2. The second kappa shape index (κ2) is 13.8. The molecule has 0 aromatic heterocycles. The Labute approximate surface area is 160 Å². The molecule has 8 nitrogen and oxygen atoms in total. The van der Waals surface area contributed by atoms with Gasteiger partial charge in [-0.25, -0.2) is 4.79 Å². The summed E-state index contributed by atoms with van der Waals surface area (Å²) in [7, 11) is 0. The van der Waals surface area contributed by atoms with Crippen molar-refractivity contribution in [1.29, 1.82) is 0 Å². The zero-order valence-corrected chi connectivity index (χ0v) is 16.8. The van der Waals surface area contributed by atoms with Crippen molar-refractivity contribution in [2.24, 2.45) is 17.4 Å². The molecule has 0 fully saturated rings. The number of rotatable bonds is 14. The van der Waals surface area contributed by atoms with Crippen molar-refractivity contribution >= 4 is 29.5 Å². The summed E-state index contributed by atoms with van der Waals surface area (Å²) < 4.78 is 0. The zero-order valence-electron chi connectivity index (χ0n) is 16.0. The van der Waals surface area contributed by atoms with Crippen LogP contribution in [-0.2, 0) is 14.4 Å². The fourth-order valence-electron chi connectivity index (χ4n) is 2.39. The molecule has 0 aromatic carbocycles. The number of hydrogen-bond acceptors (Lipinski definition) is 6. The SMILES string of the molecule is CSCCC(NC(=O)C(CC(C)C)NC(=O)C(N)CCCCN)C(=O)O. The molecular formula is C17H34N4O4S. The van der Waals surface area contributed by atoms with Crippen LogP contribution in [0.3, 0.4) is 0 Å². The lowest BCUT2D eigenvalue weighted by atomic mass is 10.0. The molecule has 0 radical (unpaired) electrons. The van der Waals surface area contributed by atoms with Crippen molar-refractivity contribution in [3.05, 3.63) is 0 Å². The van der Waals surface area contributed by atoms with Crippen molar-refractivity contribution < 1.29 is 19.5 Å². The fourth-order valence-corrected chi connectivity index (χ4v) is 2.86. The molecule has 9 heteroatoms. The molecule has 0 aromatic rings. The number of thioether (sulfide) groups is 1. The highest BCUT2D eigenvalue weighted by Crippen LogP contribution is 2.08. The Bertz CT molecular complexity index is 448. The van der Waals surface area contributed by atoms with E-state index in [1.165, 1.54) is 11.8 Å². The van der Waals surface area contributed by atoms with Crippen LogP contribution in [0.5, 0.6) is 0 Å². The minimum Gasteiger partial charge on any atom is -0.480 e. The number of carbonyl (C=O) groups is 3. The van der Waals surface area contributed by atoms with Crippen molar-refractivity contribution in [3.63, 3.8) is 0 Å². The van der Waals surface area contributed by atoms with Gasteiger partial charge < -0.3 is 27.2 Å². The van der Waals surface area contributed by atoms with Gasteiger partial charge in [-0.15, -0.1) is 0 Å². The third-order valence-electron chi connectivity index (χ3n) is 3.87. The van der Waals surface area contributed by atoms with Crippen molar-refractivity contribution in [1.82, 2.24) is 10.6 Å². The van der Waals surface area contributed by atoms with Gasteiger partial charge in [0.1, 0.15) is 12.1 Å². The van der Waals surface area contributed by atoms with E-state index in [0.717, 1.165) is 12.8 Å². The molecule has 3 unspecified atom stereocenters. The average molecular weight is 391 g/mol. The summed E-state index contributed by atoms with van der Waals surface area (Å²) in [6, 6.07) is -2.49. The molecule has 3 atom stereocenters. The first-order chi connectivity index (χ1) is 12.2. The third-order valence-corrected chi connectivity index (χ3v) is 4.52. The smallest absolute Gasteiger partial charge is 0.326 e. The van der Waals surface area contributed by atoms with E-state index in [1.54, 1.807) is 0 Å². The van der Waals surface area contributed by atoms with Crippen molar-refractivity contribution in [2.45, 2.75) is 64.1 Å². The molecule has 0 rings (SSSR count). The van der Waals surface area contributed by atoms with Gasteiger partial charge in [-0.3, -0.25) is 9.59 Å². The predicted molar refractivity (Wildman–Crippen MR) is 105 cm³/mol. The van der Waals surface area contributed by atoms with Crippen molar-refractivity contribution in [2.75, 3.05) is 18.6 Å². The third kappa shape index (κ3) is 10.6. The largest absolute Gasteiger partial charge is 0.480 e. The van der Waals surface area contributed by atoms with Crippen molar-refractivity contribution in [3.8, 4) is 0 Å². The number of unbranched alkanes of at least 4 members (excludes halogenated alkanes) is 1. The molecule has 0 bridgehead atoms. The first-order valence-corrected chi connectivity index (χ1v) is 10.4. The summed E-state index contributed by atoms with van der Waals surface area (Å²) in [5, 5.41) is 14.5. The lowest BCUT2D eigenvalue weighted by Crippen LogP contribution is -2.54. The Morgan fingerprint density at radius 3 is 2.15 bits per heavy atom. The summed E-state index contributed by atoms with van der Waals surface area (Å²) in [5.74, 6) is -1.21. The Morgan fingerprint density at radius 1 is 1.04 bits per heavy atom. The van der Waals surface area contributed by atoms with Crippen LogP contribution in [0, 0.1) is 5.92 Å². The van der Waals surface area contributed by atoms with Crippen LogP contribution in [0.15, 0.2) is 0 Å². The molecule has 0 saturated carbocycles. The van der Waals surface area contributed by atoms with E-state index in [9.17, 15) is 19.5 Å². The molecular weight excluding hydrogens is 356 g/mol. The number of aliphatic carboxylic acids is 1. The Balaban J connectivity index is 4.86. The van der Waals surface area contributed by atoms with Gasteiger partial charge in [0.25, 0.3) is 0 Å². The maximum absolute atomic E-state index is 12.5. The molecule has 2 amide bonds. The lowest BCUT2D eigenvalue weighted by Gasteiger charge is -2.24. The summed E-state index contributed by atoms with van der Waals surface area (Å²) in [6.45, 7) is 4.39. The van der Waals surface area contributed by atoms with Crippen LogP contribution in [0.2, 0.25) is 0 Å². The van der Waals surface area contributed by atoms with E-state index < -0.39 is 35.9 Å². The Hall–Kier alpha value is -1.32. The van der Waals surface area contributed by atoms with Gasteiger partial charge in [0.2, 0.25) is 11.8 Å². The zero-order chi connectivity index (χ0) is 20.1. The Kier molecular flexibility index (Phi) is 13.1. The van der Waals surface area contributed by atoms with Gasteiger partial charge in [0.05, 0.1) is 6.04 Å². The van der Waals surface area contributed by atoms with Crippen LogP contribution < -0.4 is 22.1 Å². The maximum atomic E-state index is 12.5. The highest BCUT2D eigenvalue weighted by molar-refractivity contribution is 7.98. The minimum atomic E-state index is -1.08. The van der Waals surface area contributed by atoms with Gasteiger partial charge >= 0.3 is 5.97 Å². The first-order valence-electron chi connectivity index (χ1n) is 9.01. The maximum Gasteiger partial charge on any atom is 0.326 e. The second-order valence-electron chi connectivity index (χ2n) is 6.76. The van der Waals surface area contributed by atoms with Crippen LogP contribution in [0.4, 0.5) is 0 Å². The van der Waals surface area contributed by atoms with Crippen LogP contribution >= 0.6 is 11.8 Å². The van der Waals surface area contributed by atoms with E-state index in [1.807, 2.05) is 20.1 Å². The van der Waals surface area contributed by atoms with E-state index >= 15 is 0 Å². The highest BCUT2D eigenvalue weighted by Gasteiger charge is 2.28. The first kappa shape index (κ1) is 24.7. The van der Waals surface area contributed by atoms with Crippen LogP contribution in [0.25, 0.3) is 0 Å². The number of nitrogens with two attached hydrogens (primary N) is 2. The lowest BCUT2D eigenvalue weighted by molar-refractivity contribution is -0.142. The van der Waals surface area contributed by atoms with Gasteiger partial charge in [-0.1, -0.05) is 20.3 Å². The molecule has 0 aliphatic carbocycles. The van der Waals surface area contributed by atoms with Gasteiger partial charge in [-0.05, 0) is 50.2 Å². The number of nitrogens with one attached hydrogen (secondary N) is 2. The molecule has 0 spiro atoms. The van der Waals surface area contributed by atoms with Gasteiger partial charge in [0.15, 0.2) is 0 Å². The molecule has 152 valence electrons. The van der Waals surface area contributed by atoms with E-state index in [0.29, 0.717) is 31.6 Å². The quantitative estimate of drug-likeness (QED) is 0.268. The van der Waals surface area contributed by atoms with E-state index in [2.05, 4.69) is 10.6 Å². The van der Waals surface area contributed by atoms with E-state index in [4.69, 9.17) is 11.5 Å². The summed E-state index contributed by atoms with van der Waals surface area (Å²) in [6.07, 6.45) is 4.61. The number of carboxylic acid groups (broad SMARTS) is 1. The van der Waals surface area contributed by atoms with Gasteiger partial charge in [0, 0.05) is 0 Å². The summed E-state index contributed by atoms with van der Waals surface area (Å²) in [4.78, 5) is 36.1. The predicted octanol–water partition coefficient (Wildman–Crippen LogP) is 0.296. The molecule has 0 aliphatic heterocycles. The standard InChI is InChI=1S/C17H34N4O4S/c1-11(2)10-14(21-15(22)12(19)6-4-5-8-18)16(23)20-13(17(24)25)7-9-26-3/h11-14H,4-10,18-19H2,1-3H3,(H,20,23)(H,21,22)(H,24,25). The highest BCUT2D eigenvalue weighted by atomic mass is 32.2. The number of hydrogen-bond donors (Lipinski definition) is 5. The fraction of sp³-hybridized carbons (Fsp3) is 0.824. The molecule has 0 heterocycles. The summed E-state index contributed by atoms with van der Waals surface area (Å²) >= 11 is 1.51. The number of carbonyl (C=O) groups excluding carboxylic acids is 2. The number of carboxylic acids is 1.